The van der Waals surface area contributed by atoms with Crippen molar-refractivity contribution in [2.75, 3.05) is 12.4 Å². The molecule has 0 saturated carbocycles. The number of hydrogen-bond donors (Lipinski definition) is 1. The second-order valence-corrected chi connectivity index (χ2v) is 5.20. The predicted molar refractivity (Wildman–Crippen MR) is 82.7 cm³/mol. The minimum Gasteiger partial charge on any atom is -0.497 e. The molecule has 0 aliphatic rings. The van der Waals surface area contributed by atoms with E-state index in [4.69, 9.17) is 4.74 Å². The third-order valence-electron chi connectivity index (χ3n) is 3.32. The summed E-state index contributed by atoms with van der Waals surface area (Å²) in [5.74, 6) is 0.740. The highest BCUT2D eigenvalue weighted by molar-refractivity contribution is 5.90. The van der Waals surface area contributed by atoms with Gasteiger partial charge in [0.2, 0.25) is 5.91 Å². The maximum absolute atomic E-state index is 12.1. The van der Waals surface area contributed by atoms with Gasteiger partial charge in [0.25, 0.3) is 0 Å². The first-order chi connectivity index (χ1) is 9.99. The van der Waals surface area contributed by atoms with Crippen LogP contribution < -0.4 is 10.1 Å². The molecule has 1 aromatic heterocycles. The van der Waals surface area contributed by atoms with Crippen LogP contribution in [-0.2, 0) is 4.79 Å². The number of carbonyl (C=O) groups is 1. The summed E-state index contributed by atoms with van der Waals surface area (Å²) in [5.41, 5.74) is 2.80. The average molecular weight is 287 g/mol. The van der Waals surface area contributed by atoms with Gasteiger partial charge < -0.3 is 10.1 Å². The van der Waals surface area contributed by atoms with E-state index in [-0.39, 0.29) is 11.9 Å². The van der Waals surface area contributed by atoms with E-state index in [2.05, 4.69) is 10.4 Å². The van der Waals surface area contributed by atoms with Crippen molar-refractivity contribution in [1.29, 1.82) is 0 Å². The molecule has 0 aliphatic carbocycles. The van der Waals surface area contributed by atoms with Crippen LogP contribution in [0.2, 0.25) is 0 Å². The fraction of sp³-hybridized carbons (Fsp3) is 0.375. The number of nitrogens with one attached hydrogen (secondary N) is 1. The number of nitrogens with zero attached hydrogens (tertiary/aromatic N) is 2. The van der Waals surface area contributed by atoms with Crippen LogP contribution in [0.4, 0.5) is 5.69 Å². The van der Waals surface area contributed by atoms with Crippen molar-refractivity contribution in [2.24, 2.45) is 0 Å². The molecule has 2 rings (SSSR count). The average Bonchev–Trinajstić information content (AvgIpc) is 2.78. The lowest BCUT2D eigenvalue weighted by Gasteiger charge is -2.14. The molecule has 1 aromatic carbocycles. The van der Waals surface area contributed by atoms with Crippen LogP contribution in [0.5, 0.6) is 5.75 Å². The Morgan fingerprint density at radius 1 is 1.33 bits per heavy atom. The van der Waals surface area contributed by atoms with Crippen molar-refractivity contribution in [1.82, 2.24) is 9.78 Å². The lowest BCUT2D eigenvalue weighted by atomic mass is 10.2. The van der Waals surface area contributed by atoms with Crippen molar-refractivity contribution in [2.45, 2.75) is 33.2 Å². The molecule has 0 fully saturated rings. The smallest absolute Gasteiger partial charge is 0.226 e. The molecule has 1 heterocycles. The van der Waals surface area contributed by atoms with Gasteiger partial charge in [0, 0.05) is 17.8 Å². The number of aromatic nitrogens is 2. The molecule has 1 atom stereocenters. The van der Waals surface area contributed by atoms with Crippen LogP contribution in [0, 0.1) is 13.8 Å². The van der Waals surface area contributed by atoms with E-state index in [1.807, 2.05) is 55.8 Å². The first kappa shape index (κ1) is 15.1. The van der Waals surface area contributed by atoms with Gasteiger partial charge in [-0.15, -0.1) is 0 Å². The van der Waals surface area contributed by atoms with E-state index in [1.54, 1.807) is 7.11 Å². The molecule has 21 heavy (non-hydrogen) atoms. The SMILES string of the molecule is COc1ccc(NC(=O)C[C@H](C)n2nc(C)cc2C)cc1. The Hall–Kier alpha value is -2.30. The molecular formula is C16H21N3O2. The third-order valence-corrected chi connectivity index (χ3v) is 3.32. The lowest BCUT2D eigenvalue weighted by Crippen LogP contribution is -2.19. The Morgan fingerprint density at radius 3 is 2.52 bits per heavy atom. The fourth-order valence-corrected chi connectivity index (χ4v) is 2.33. The summed E-state index contributed by atoms with van der Waals surface area (Å²) in [6, 6.07) is 9.32. The Kier molecular flexibility index (Phi) is 4.62. The predicted octanol–water partition coefficient (Wildman–Crippen LogP) is 3.10. The van der Waals surface area contributed by atoms with Gasteiger partial charge >= 0.3 is 0 Å². The minimum atomic E-state index is -0.0276. The molecule has 1 amide bonds. The zero-order chi connectivity index (χ0) is 15.4. The summed E-state index contributed by atoms with van der Waals surface area (Å²) in [5, 5.41) is 7.30. The molecule has 5 nitrogen and oxygen atoms in total. The van der Waals surface area contributed by atoms with E-state index in [0.717, 1.165) is 22.8 Å². The molecule has 0 bridgehead atoms. The highest BCUT2D eigenvalue weighted by Gasteiger charge is 2.14. The molecule has 0 radical (unpaired) electrons. The second kappa shape index (κ2) is 6.43. The molecule has 1 N–H and O–H groups in total. The molecule has 0 saturated heterocycles. The number of amides is 1. The van der Waals surface area contributed by atoms with E-state index in [9.17, 15) is 4.79 Å². The third kappa shape index (κ3) is 3.84. The normalized spacial score (nSPS) is 12.0. The summed E-state index contributed by atoms with van der Waals surface area (Å²) < 4.78 is 6.98. The lowest BCUT2D eigenvalue weighted by molar-refractivity contribution is -0.116. The molecule has 0 spiro atoms. The quantitative estimate of drug-likeness (QED) is 0.919. The van der Waals surface area contributed by atoms with E-state index in [1.165, 1.54) is 0 Å². The summed E-state index contributed by atoms with van der Waals surface area (Å²) in [6.45, 7) is 5.94. The van der Waals surface area contributed by atoms with Crippen molar-refractivity contribution in [3.63, 3.8) is 0 Å². The first-order valence-electron chi connectivity index (χ1n) is 6.96. The maximum atomic E-state index is 12.1. The molecule has 0 unspecified atom stereocenters. The fourth-order valence-electron chi connectivity index (χ4n) is 2.33. The van der Waals surface area contributed by atoms with E-state index in [0.29, 0.717) is 6.42 Å². The van der Waals surface area contributed by atoms with Gasteiger partial charge in [0.05, 0.1) is 18.8 Å². The van der Waals surface area contributed by atoms with Gasteiger partial charge in [-0.25, -0.2) is 0 Å². The number of benzene rings is 1. The number of methoxy groups -OCH3 is 1. The highest BCUT2D eigenvalue weighted by Crippen LogP contribution is 2.18. The molecule has 5 heteroatoms. The Morgan fingerprint density at radius 2 is 2.00 bits per heavy atom. The van der Waals surface area contributed by atoms with Crippen LogP contribution in [-0.4, -0.2) is 22.8 Å². The molecule has 0 aliphatic heterocycles. The van der Waals surface area contributed by atoms with Crippen molar-refractivity contribution < 1.29 is 9.53 Å². The second-order valence-electron chi connectivity index (χ2n) is 5.20. The van der Waals surface area contributed by atoms with Crippen molar-refractivity contribution in [3.8, 4) is 5.75 Å². The summed E-state index contributed by atoms with van der Waals surface area (Å²) in [7, 11) is 1.61. The van der Waals surface area contributed by atoms with Gasteiger partial charge in [-0.05, 0) is 51.1 Å². The molecular weight excluding hydrogens is 266 g/mol. The number of rotatable bonds is 5. The highest BCUT2D eigenvalue weighted by atomic mass is 16.5. The summed E-state index contributed by atoms with van der Waals surface area (Å²) in [6.07, 6.45) is 0.383. The zero-order valence-electron chi connectivity index (χ0n) is 12.9. The topological polar surface area (TPSA) is 56.1 Å². The van der Waals surface area contributed by atoms with Gasteiger partial charge in [0.15, 0.2) is 0 Å². The van der Waals surface area contributed by atoms with E-state index < -0.39 is 0 Å². The van der Waals surface area contributed by atoms with Gasteiger partial charge in [0.1, 0.15) is 5.75 Å². The number of anilines is 1. The first-order valence-corrected chi connectivity index (χ1v) is 6.96. The maximum Gasteiger partial charge on any atom is 0.226 e. The van der Waals surface area contributed by atoms with Gasteiger partial charge in [-0.1, -0.05) is 0 Å². The van der Waals surface area contributed by atoms with Crippen LogP contribution in [0.25, 0.3) is 0 Å². The minimum absolute atomic E-state index is 0.0250. The molecule has 112 valence electrons. The van der Waals surface area contributed by atoms with Crippen LogP contribution in [0.15, 0.2) is 30.3 Å². The van der Waals surface area contributed by atoms with Crippen LogP contribution in [0.3, 0.4) is 0 Å². The number of carbonyl (C=O) groups excluding carboxylic acids is 1. The number of aryl methyl sites for hydroxylation is 2. The number of hydrogen-bond acceptors (Lipinski definition) is 3. The van der Waals surface area contributed by atoms with Gasteiger partial charge in [-0.3, -0.25) is 9.48 Å². The van der Waals surface area contributed by atoms with Gasteiger partial charge in [-0.2, -0.15) is 5.10 Å². The Bertz CT molecular complexity index is 617. The summed E-state index contributed by atoms with van der Waals surface area (Å²) >= 11 is 0. The molecule has 2 aromatic rings. The Labute approximate surface area is 124 Å². The largest absolute Gasteiger partial charge is 0.497 e. The van der Waals surface area contributed by atoms with Crippen molar-refractivity contribution in [3.05, 3.63) is 41.7 Å². The van der Waals surface area contributed by atoms with Crippen molar-refractivity contribution >= 4 is 11.6 Å². The summed E-state index contributed by atoms with van der Waals surface area (Å²) in [4.78, 5) is 12.1. The monoisotopic (exact) mass is 287 g/mol. The number of ether oxygens (including phenoxy) is 1. The van der Waals surface area contributed by atoms with E-state index >= 15 is 0 Å². The zero-order valence-corrected chi connectivity index (χ0v) is 12.9. The van der Waals surface area contributed by atoms with Crippen LogP contribution in [0.1, 0.15) is 30.8 Å². The Balaban J connectivity index is 1.96. The van der Waals surface area contributed by atoms with Crippen LogP contribution >= 0.6 is 0 Å². The standard InChI is InChI=1S/C16H21N3O2/c1-11-9-12(2)19(18-11)13(3)10-16(20)17-14-5-7-15(21-4)8-6-14/h5-9,13H,10H2,1-4H3,(H,17,20)/t13-/m0/s1.